The summed E-state index contributed by atoms with van der Waals surface area (Å²) < 4.78 is 6.11. The van der Waals surface area contributed by atoms with Gasteiger partial charge in [-0.2, -0.15) is 0 Å². The smallest absolute Gasteiger partial charge is 0.341 e. The van der Waals surface area contributed by atoms with Crippen molar-refractivity contribution in [3.05, 3.63) is 50.3 Å². The summed E-state index contributed by atoms with van der Waals surface area (Å²) in [4.78, 5) is 25.7. The maximum absolute atomic E-state index is 12.4. The predicted octanol–water partition coefficient (Wildman–Crippen LogP) is 4.94. The van der Waals surface area contributed by atoms with Crippen molar-refractivity contribution in [1.29, 1.82) is 0 Å². The molecule has 0 aliphatic heterocycles. The largest absolute Gasteiger partial charge is 0.459 e. The minimum absolute atomic E-state index is 0.212. The second-order valence-electron chi connectivity index (χ2n) is 5.41. The highest BCUT2D eigenvalue weighted by molar-refractivity contribution is 9.10. The Balaban J connectivity index is 2.31. The average Bonchev–Trinajstić information content (AvgIpc) is 2.73. The molecule has 1 N–H and O–H groups in total. The Morgan fingerprint density at radius 3 is 2.57 bits per heavy atom. The van der Waals surface area contributed by atoms with E-state index in [9.17, 15) is 9.59 Å². The maximum atomic E-state index is 12.4. The number of amides is 1. The first kappa shape index (κ1) is 17.7. The standard InChI is InChI=1S/C17H18BrNO3S/c1-9(2)22-17(21)14-10(3)11(4)23-16(14)19-15(20)12-6-5-7-13(18)8-12/h5-9H,1-4H3,(H,19,20). The fourth-order valence-electron chi connectivity index (χ4n) is 2.04. The van der Waals surface area contributed by atoms with Crippen LogP contribution in [0, 0.1) is 13.8 Å². The molecule has 0 bridgehead atoms. The highest BCUT2D eigenvalue weighted by Crippen LogP contribution is 2.33. The van der Waals surface area contributed by atoms with Crippen molar-refractivity contribution in [2.24, 2.45) is 0 Å². The van der Waals surface area contributed by atoms with Gasteiger partial charge in [-0.15, -0.1) is 11.3 Å². The second kappa shape index (κ2) is 7.27. The molecule has 1 heterocycles. The van der Waals surface area contributed by atoms with Crippen LogP contribution in [0.5, 0.6) is 0 Å². The maximum Gasteiger partial charge on any atom is 0.341 e. The number of thiophene rings is 1. The summed E-state index contributed by atoms with van der Waals surface area (Å²) >= 11 is 4.72. The first-order chi connectivity index (χ1) is 10.8. The summed E-state index contributed by atoms with van der Waals surface area (Å²) in [5, 5.41) is 3.35. The number of carbonyl (C=O) groups excluding carboxylic acids is 2. The van der Waals surface area contributed by atoms with Crippen LogP contribution in [-0.4, -0.2) is 18.0 Å². The quantitative estimate of drug-likeness (QED) is 0.745. The van der Waals surface area contributed by atoms with Crippen molar-refractivity contribution in [2.45, 2.75) is 33.8 Å². The van der Waals surface area contributed by atoms with Crippen molar-refractivity contribution < 1.29 is 14.3 Å². The third kappa shape index (κ3) is 4.20. The Kier molecular flexibility index (Phi) is 5.59. The van der Waals surface area contributed by atoms with E-state index in [1.54, 1.807) is 32.0 Å². The lowest BCUT2D eigenvalue weighted by Gasteiger charge is -2.10. The van der Waals surface area contributed by atoms with E-state index in [2.05, 4.69) is 21.2 Å². The van der Waals surface area contributed by atoms with Crippen molar-refractivity contribution in [3.63, 3.8) is 0 Å². The van der Waals surface area contributed by atoms with E-state index in [0.717, 1.165) is 14.9 Å². The zero-order valence-corrected chi connectivity index (χ0v) is 15.8. The number of nitrogens with one attached hydrogen (secondary N) is 1. The number of carbonyl (C=O) groups is 2. The van der Waals surface area contributed by atoms with Gasteiger partial charge < -0.3 is 10.1 Å². The number of aryl methyl sites for hydroxylation is 1. The van der Waals surface area contributed by atoms with Crippen LogP contribution in [0.25, 0.3) is 0 Å². The molecule has 0 fully saturated rings. The molecule has 0 unspecified atom stereocenters. The van der Waals surface area contributed by atoms with Crippen LogP contribution < -0.4 is 5.32 Å². The number of esters is 1. The van der Waals surface area contributed by atoms with Crippen molar-refractivity contribution in [2.75, 3.05) is 5.32 Å². The van der Waals surface area contributed by atoms with Crippen molar-refractivity contribution in [3.8, 4) is 0 Å². The second-order valence-corrected chi connectivity index (χ2v) is 7.55. The van der Waals surface area contributed by atoms with E-state index in [4.69, 9.17) is 4.74 Å². The van der Waals surface area contributed by atoms with Gasteiger partial charge in [0.2, 0.25) is 0 Å². The molecule has 6 heteroatoms. The third-order valence-corrected chi connectivity index (χ3v) is 4.86. The van der Waals surface area contributed by atoms with Gasteiger partial charge in [-0.05, 0) is 51.5 Å². The van der Waals surface area contributed by atoms with E-state index in [0.29, 0.717) is 16.1 Å². The summed E-state index contributed by atoms with van der Waals surface area (Å²) in [6, 6.07) is 7.09. The lowest BCUT2D eigenvalue weighted by molar-refractivity contribution is 0.0379. The predicted molar refractivity (Wildman–Crippen MR) is 96.4 cm³/mol. The Bertz CT molecular complexity index is 752. The minimum Gasteiger partial charge on any atom is -0.459 e. The number of rotatable bonds is 4. The fourth-order valence-corrected chi connectivity index (χ4v) is 3.48. The van der Waals surface area contributed by atoms with Gasteiger partial charge in [0.25, 0.3) is 5.91 Å². The zero-order chi connectivity index (χ0) is 17.1. The molecule has 1 aromatic carbocycles. The Morgan fingerprint density at radius 1 is 1.26 bits per heavy atom. The highest BCUT2D eigenvalue weighted by Gasteiger charge is 2.23. The van der Waals surface area contributed by atoms with Gasteiger partial charge >= 0.3 is 5.97 Å². The van der Waals surface area contributed by atoms with Gasteiger partial charge in [0, 0.05) is 14.9 Å². The molecule has 1 aromatic heterocycles. The van der Waals surface area contributed by atoms with Gasteiger partial charge in [0.1, 0.15) is 5.00 Å². The molecule has 0 atom stereocenters. The summed E-state index contributed by atoms with van der Waals surface area (Å²) in [5.74, 6) is -0.669. The van der Waals surface area contributed by atoms with Gasteiger partial charge in [0.05, 0.1) is 11.7 Å². The number of anilines is 1. The van der Waals surface area contributed by atoms with Crippen LogP contribution in [0.1, 0.15) is 45.0 Å². The molecule has 0 aliphatic carbocycles. The number of halogens is 1. The van der Waals surface area contributed by atoms with Crippen LogP contribution in [-0.2, 0) is 4.74 Å². The van der Waals surface area contributed by atoms with Crippen LogP contribution >= 0.6 is 27.3 Å². The summed E-state index contributed by atoms with van der Waals surface area (Å²) in [7, 11) is 0. The molecule has 0 aliphatic rings. The highest BCUT2D eigenvalue weighted by atomic mass is 79.9. The SMILES string of the molecule is Cc1sc(NC(=O)c2cccc(Br)c2)c(C(=O)OC(C)C)c1C. The minimum atomic E-state index is -0.411. The number of ether oxygens (including phenoxy) is 1. The Labute approximate surface area is 148 Å². The van der Waals surface area contributed by atoms with Gasteiger partial charge in [-0.1, -0.05) is 22.0 Å². The molecule has 0 spiro atoms. The van der Waals surface area contributed by atoms with Crippen LogP contribution in [0.4, 0.5) is 5.00 Å². The number of benzene rings is 1. The van der Waals surface area contributed by atoms with E-state index in [-0.39, 0.29) is 12.0 Å². The topological polar surface area (TPSA) is 55.4 Å². The molecule has 122 valence electrons. The fraction of sp³-hybridized carbons (Fsp3) is 0.294. The lowest BCUT2D eigenvalue weighted by atomic mass is 10.1. The van der Waals surface area contributed by atoms with Crippen LogP contribution in [0.15, 0.2) is 28.7 Å². The molecular formula is C17H18BrNO3S. The van der Waals surface area contributed by atoms with E-state index < -0.39 is 5.97 Å². The number of hydrogen-bond donors (Lipinski definition) is 1. The molecule has 23 heavy (non-hydrogen) atoms. The molecule has 4 nitrogen and oxygen atoms in total. The Morgan fingerprint density at radius 2 is 1.96 bits per heavy atom. The van der Waals surface area contributed by atoms with Crippen molar-refractivity contribution >= 4 is 44.1 Å². The molecule has 0 radical (unpaired) electrons. The normalized spacial score (nSPS) is 10.7. The monoisotopic (exact) mass is 395 g/mol. The first-order valence-corrected chi connectivity index (χ1v) is 8.78. The van der Waals surface area contributed by atoms with E-state index in [1.807, 2.05) is 19.9 Å². The molecule has 2 aromatic rings. The molecule has 2 rings (SSSR count). The van der Waals surface area contributed by atoms with Crippen molar-refractivity contribution in [1.82, 2.24) is 0 Å². The first-order valence-electron chi connectivity index (χ1n) is 7.17. The average molecular weight is 396 g/mol. The van der Waals surface area contributed by atoms with Gasteiger partial charge in [0.15, 0.2) is 0 Å². The molecule has 0 saturated carbocycles. The van der Waals surface area contributed by atoms with E-state index >= 15 is 0 Å². The molecular weight excluding hydrogens is 378 g/mol. The summed E-state index contributed by atoms with van der Waals surface area (Å²) in [6.07, 6.45) is -0.212. The Hall–Kier alpha value is -1.66. The molecule has 1 amide bonds. The summed E-state index contributed by atoms with van der Waals surface area (Å²) in [6.45, 7) is 7.37. The molecule has 0 saturated heterocycles. The van der Waals surface area contributed by atoms with Gasteiger partial charge in [-0.3, -0.25) is 4.79 Å². The van der Waals surface area contributed by atoms with Crippen LogP contribution in [0.3, 0.4) is 0 Å². The van der Waals surface area contributed by atoms with Crippen LogP contribution in [0.2, 0.25) is 0 Å². The number of hydrogen-bond acceptors (Lipinski definition) is 4. The summed E-state index contributed by atoms with van der Waals surface area (Å²) in [5.41, 5.74) is 1.79. The third-order valence-electron chi connectivity index (χ3n) is 3.25. The van der Waals surface area contributed by atoms with E-state index in [1.165, 1.54) is 11.3 Å². The lowest BCUT2D eigenvalue weighted by Crippen LogP contribution is -2.16. The van der Waals surface area contributed by atoms with Gasteiger partial charge in [-0.25, -0.2) is 4.79 Å². The zero-order valence-electron chi connectivity index (χ0n) is 13.4.